The second-order valence-corrected chi connectivity index (χ2v) is 4.11. The topological polar surface area (TPSA) is 70.5 Å². The molecule has 0 atom stereocenters. The first kappa shape index (κ1) is 12.6. The molecule has 0 saturated heterocycles. The van der Waals surface area contributed by atoms with Gasteiger partial charge in [0.25, 0.3) is 0 Å². The van der Waals surface area contributed by atoms with E-state index in [0.29, 0.717) is 27.6 Å². The predicted molar refractivity (Wildman–Crippen MR) is 69.2 cm³/mol. The maximum absolute atomic E-state index is 6.17. The van der Waals surface area contributed by atoms with Crippen molar-refractivity contribution in [2.45, 2.75) is 6.92 Å². The molecule has 0 fully saturated rings. The van der Waals surface area contributed by atoms with Crippen LogP contribution in [0.2, 0.25) is 5.02 Å². The third kappa shape index (κ3) is 1.86. The number of methoxy groups -OCH3 is 2. The van der Waals surface area contributed by atoms with Gasteiger partial charge in [0.15, 0.2) is 11.5 Å². The Morgan fingerprint density at radius 3 is 2.39 bits per heavy atom. The number of halogens is 1. The summed E-state index contributed by atoms with van der Waals surface area (Å²) in [5.41, 5.74) is 7.81. The first-order valence-corrected chi connectivity index (χ1v) is 5.59. The van der Waals surface area contributed by atoms with E-state index in [2.05, 4.69) is 5.16 Å². The molecule has 0 spiro atoms. The summed E-state index contributed by atoms with van der Waals surface area (Å²) in [4.78, 5) is 0. The Bertz CT molecular complexity index is 581. The summed E-state index contributed by atoms with van der Waals surface area (Å²) < 4.78 is 15.5. The summed E-state index contributed by atoms with van der Waals surface area (Å²) in [6.45, 7) is 1.85. The summed E-state index contributed by atoms with van der Waals surface area (Å²) in [6, 6.07) is 1.75. The molecule has 2 aromatic rings. The molecule has 0 unspecified atom stereocenters. The Balaban J connectivity index is 2.75. The van der Waals surface area contributed by atoms with E-state index in [-0.39, 0.29) is 5.88 Å². The Morgan fingerprint density at radius 2 is 1.89 bits per heavy atom. The van der Waals surface area contributed by atoms with Crippen molar-refractivity contribution >= 4 is 17.5 Å². The van der Waals surface area contributed by atoms with Crippen LogP contribution < -0.4 is 15.2 Å². The fourth-order valence-electron chi connectivity index (χ4n) is 1.80. The van der Waals surface area contributed by atoms with Crippen LogP contribution in [0, 0.1) is 6.92 Å². The molecular formula is C12H13ClN2O3. The monoisotopic (exact) mass is 268 g/mol. The quantitative estimate of drug-likeness (QED) is 0.927. The highest BCUT2D eigenvalue weighted by Crippen LogP contribution is 2.44. The summed E-state index contributed by atoms with van der Waals surface area (Å²) in [5, 5.41) is 4.20. The first-order valence-electron chi connectivity index (χ1n) is 5.21. The maximum atomic E-state index is 6.17. The predicted octanol–water partition coefficient (Wildman–Crippen LogP) is 2.90. The van der Waals surface area contributed by atoms with Gasteiger partial charge in [0.2, 0.25) is 5.88 Å². The number of nitrogen functional groups attached to an aromatic ring is 1. The van der Waals surface area contributed by atoms with Crippen LogP contribution in [-0.4, -0.2) is 19.4 Å². The molecule has 96 valence electrons. The van der Waals surface area contributed by atoms with E-state index in [1.54, 1.807) is 20.3 Å². The van der Waals surface area contributed by atoms with Crippen LogP contribution in [0.1, 0.15) is 5.56 Å². The molecular weight excluding hydrogens is 256 g/mol. The van der Waals surface area contributed by atoms with Gasteiger partial charge in [-0.05, 0) is 13.0 Å². The van der Waals surface area contributed by atoms with Crippen molar-refractivity contribution in [3.8, 4) is 22.6 Å². The normalized spacial score (nSPS) is 10.4. The van der Waals surface area contributed by atoms with Gasteiger partial charge in [0.1, 0.15) is 0 Å². The van der Waals surface area contributed by atoms with Gasteiger partial charge < -0.3 is 19.7 Å². The summed E-state index contributed by atoms with van der Waals surface area (Å²) in [7, 11) is 3.11. The highest BCUT2D eigenvalue weighted by Gasteiger charge is 2.20. The van der Waals surface area contributed by atoms with Gasteiger partial charge in [0.05, 0.1) is 26.0 Å². The molecule has 0 saturated carbocycles. The molecule has 0 aliphatic heterocycles. The Hall–Kier alpha value is -1.88. The van der Waals surface area contributed by atoms with E-state index >= 15 is 0 Å². The van der Waals surface area contributed by atoms with Gasteiger partial charge in [0, 0.05) is 16.1 Å². The van der Waals surface area contributed by atoms with Crippen molar-refractivity contribution in [3.05, 3.63) is 22.8 Å². The van der Waals surface area contributed by atoms with Crippen LogP contribution in [0.4, 0.5) is 5.88 Å². The van der Waals surface area contributed by atoms with E-state index in [1.165, 1.54) is 6.20 Å². The average Bonchev–Trinajstić information content (AvgIpc) is 2.78. The lowest BCUT2D eigenvalue weighted by atomic mass is 10.0. The molecule has 6 heteroatoms. The minimum atomic E-state index is 0.204. The van der Waals surface area contributed by atoms with Crippen LogP contribution in [-0.2, 0) is 0 Å². The molecule has 5 nitrogen and oxygen atoms in total. The van der Waals surface area contributed by atoms with Gasteiger partial charge in [-0.25, -0.2) is 0 Å². The molecule has 0 radical (unpaired) electrons. The number of hydrogen-bond donors (Lipinski definition) is 1. The number of ether oxygens (including phenoxy) is 2. The zero-order chi connectivity index (χ0) is 13.3. The summed E-state index contributed by atoms with van der Waals surface area (Å²) >= 11 is 6.17. The third-order valence-electron chi connectivity index (χ3n) is 2.72. The van der Waals surface area contributed by atoms with E-state index in [9.17, 15) is 0 Å². The Kier molecular flexibility index (Phi) is 3.34. The smallest absolute Gasteiger partial charge is 0.230 e. The van der Waals surface area contributed by atoms with Crippen LogP contribution in [0.15, 0.2) is 16.8 Å². The van der Waals surface area contributed by atoms with E-state index in [1.807, 2.05) is 6.92 Å². The van der Waals surface area contributed by atoms with E-state index in [0.717, 1.165) is 5.56 Å². The van der Waals surface area contributed by atoms with Gasteiger partial charge >= 0.3 is 0 Å². The molecule has 0 amide bonds. The molecule has 18 heavy (non-hydrogen) atoms. The second-order valence-electron chi connectivity index (χ2n) is 3.70. The zero-order valence-corrected chi connectivity index (χ0v) is 11.0. The number of nitrogens with zero attached hydrogens (tertiary/aromatic N) is 1. The Morgan fingerprint density at radius 1 is 1.22 bits per heavy atom. The van der Waals surface area contributed by atoms with Crippen molar-refractivity contribution < 1.29 is 14.0 Å². The van der Waals surface area contributed by atoms with Gasteiger partial charge in [-0.2, -0.15) is 0 Å². The average molecular weight is 269 g/mol. The molecule has 2 N–H and O–H groups in total. The molecule has 1 aromatic heterocycles. The van der Waals surface area contributed by atoms with Crippen molar-refractivity contribution in [2.75, 3.05) is 20.0 Å². The molecule has 1 heterocycles. The number of aromatic nitrogens is 1. The van der Waals surface area contributed by atoms with Crippen LogP contribution in [0.3, 0.4) is 0 Å². The van der Waals surface area contributed by atoms with Crippen molar-refractivity contribution in [1.29, 1.82) is 0 Å². The summed E-state index contributed by atoms with van der Waals surface area (Å²) in [5.74, 6) is 1.32. The lowest BCUT2D eigenvalue weighted by Gasteiger charge is -2.15. The van der Waals surface area contributed by atoms with Gasteiger partial charge in [-0.1, -0.05) is 16.8 Å². The van der Waals surface area contributed by atoms with E-state index in [4.69, 9.17) is 31.3 Å². The number of hydrogen-bond acceptors (Lipinski definition) is 5. The molecule has 2 rings (SSSR count). The number of rotatable bonds is 3. The standard InChI is InChI=1S/C12H13ClN2O3/c1-6-9(13)4-7(8-5-15-18-12(8)14)11(17-3)10(6)16-2/h4-5H,14H2,1-3H3. The first-order chi connectivity index (χ1) is 8.60. The fourth-order valence-corrected chi connectivity index (χ4v) is 2.00. The largest absolute Gasteiger partial charge is 0.493 e. The minimum absolute atomic E-state index is 0.204. The Labute approximate surface area is 109 Å². The van der Waals surface area contributed by atoms with Crippen molar-refractivity contribution in [1.82, 2.24) is 5.16 Å². The maximum Gasteiger partial charge on any atom is 0.230 e. The van der Waals surface area contributed by atoms with Crippen LogP contribution in [0.25, 0.3) is 11.1 Å². The van der Waals surface area contributed by atoms with Crippen molar-refractivity contribution in [3.63, 3.8) is 0 Å². The SMILES string of the molecule is COc1c(-c2cnoc2N)cc(Cl)c(C)c1OC. The highest BCUT2D eigenvalue weighted by molar-refractivity contribution is 6.32. The third-order valence-corrected chi connectivity index (χ3v) is 3.11. The minimum Gasteiger partial charge on any atom is -0.493 e. The summed E-state index contributed by atoms with van der Waals surface area (Å²) in [6.07, 6.45) is 1.51. The van der Waals surface area contributed by atoms with Crippen LogP contribution >= 0.6 is 11.6 Å². The van der Waals surface area contributed by atoms with Gasteiger partial charge in [-0.3, -0.25) is 0 Å². The van der Waals surface area contributed by atoms with Crippen molar-refractivity contribution in [2.24, 2.45) is 0 Å². The second kappa shape index (κ2) is 4.78. The molecule has 0 bridgehead atoms. The molecule has 1 aromatic carbocycles. The van der Waals surface area contributed by atoms with E-state index < -0.39 is 0 Å². The van der Waals surface area contributed by atoms with Gasteiger partial charge in [-0.15, -0.1) is 0 Å². The fraction of sp³-hybridized carbons (Fsp3) is 0.250. The molecule has 0 aliphatic carbocycles. The zero-order valence-electron chi connectivity index (χ0n) is 10.3. The number of nitrogens with two attached hydrogens (primary N) is 1. The number of benzene rings is 1. The van der Waals surface area contributed by atoms with Crippen LogP contribution in [0.5, 0.6) is 11.5 Å². The molecule has 0 aliphatic rings. The lowest BCUT2D eigenvalue weighted by molar-refractivity contribution is 0.354. The highest BCUT2D eigenvalue weighted by atomic mass is 35.5. The number of anilines is 1. The lowest BCUT2D eigenvalue weighted by Crippen LogP contribution is -1.97.